The number of anilines is 1. The minimum absolute atomic E-state index is 0.210. The third kappa shape index (κ3) is 3.05. The fourth-order valence-corrected chi connectivity index (χ4v) is 1.46. The first-order valence-electron chi connectivity index (χ1n) is 5.23. The molecule has 1 aromatic carbocycles. The first-order valence-corrected chi connectivity index (χ1v) is 5.23. The lowest BCUT2D eigenvalue weighted by Gasteiger charge is -2.05. The second-order valence-corrected chi connectivity index (χ2v) is 3.54. The number of hydrogen-bond donors (Lipinski definition) is 1. The first kappa shape index (κ1) is 10.6. The highest BCUT2D eigenvalue weighted by molar-refractivity contribution is 5.42. The molecule has 82 valence electrons. The summed E-state index contributed by atoms with van der Waals surface area (Å²) in [5.74, 6) is -0.210. The van der Waals surface area contributed by atoms with Gasteiger partial charge in [-0.15, -0.1) is 0 Å². The summed E-state index contributed by atoms with van der Waals surface area (Å²) >= 11 is 0. The molecule has 0 spiro atoms. The van der Waals surface area contributed by atoms with E-state index in [9.17, 15) is 4.39 Å². The van der Waals surface area contributed by atoms with Crippen LogP contribution in [0.15, 0.2) is 48.8 Å². The number of nitrogens with zero attached hydrogens (tertiary/aromatic N) is 1. The first-order chi connectivity index (χ1) is 7.84. The van der Waals surface area contributed by atoms with Crippen LogP contribution in [0.5, 0.6) is 0 Å². The fraction of sp³-hybridized carbons (Fsp3) is 0.154. The Morgan fingerprint density at radius 3 is 2.62 bits per heavy atom. The van der Waals surface area contributed by atoms with Crippen molar-refractivity contribution in [1.29, 1.82) is 0 Å². The topological polar surface area (TPSA) is 24.9 Å². The molecule has 2 aromatic rings. The summed E-state index contributed by atoms with van der Waals surface area (Å²) in [4.78, 5) is 4.04. The minimum Gasteiger partial charge on any atom is -0.385 e. The monoisotopic (exact) mass is 216 g/mol. The largest absolute Gasteiger partial charge is 0.385 e. The molecular formula is C13H13FN2. The van der Waals surface area contributed by atoms with E-state index < -0.39 is 0 Å². The maximum atomic E-state index is 12.6. The van der Waals surface area contributed by atoms with Crippen molar-refractivity contribution in [3.05, 3.63) is 60.2 Å². The molecule has 1 heterocycles. The van der Waals surface area contributed by atoms with Crippen LogP contribution in [0.1, 0.15) is 5.56 Å². The van der Waals surface area contributed by atoms with Gasteiger partial charge in [0.05, 0.1) is 0 Å². The van der Waals surface area contributed by atoms with Gasteiger partial charge >= 0.3 is 0 Å². The van der Waals surface area contributed by atoms with Gasteiger partial charge in [0.25, 0.3) is 0 Å². The maximum absolute atomic E-state index is 12.6. The van der Waals surface area contributed by atoms with E-state index in [4.69, 9.17) is 0 Å². The van der Waals surface area contributed by atoms with Crippen molar-refractivity contribution in [1.82, 2.24) is 4.98 Å². The van der Waals surface area contributed by atoms with Gasteiger partial charge in [-0.3, -0.25) is 4.98 Å². The van der Waals surface area contributed by atoms with Crippen LogP contribution in [-0.4, -0.2) is 11.5 Å². The molecule has 0 saturated carbocycles. The molecule has 0 unspecified atom stereocenters. The second kappa shape index (κ2) is 5.26. The van der Waals surface area contributed by atoms with E-state index in [1.54, 1.807) is 18.3 Å². The highest BCUT2D eigenvalue weighted by Crippen LogP contribution is 2.08. The molecule has 3 heteroatoms. The van der Waals surface area contributed by atoms with Gasteiger partial charge in [0.15, 0.2) is 0 Å². The Morgan fingerprint density at radius 2 is 1.94 bits per heavy atom. The molecule has 0 aliphatic heterocycles. The number of pyridine rings is 1. The van der Waals surface area contributed by atoms with Gasteiger partial charge in [0.1, 0.15) is 5.82 Å². The summed E-state index contributed by atoms with van der Waals surface area (Å²) in [5.41, 5.74) is 2.13. The van der Waals surface area contributed by atoms with E-state index in [1.807, 2.05) is 18.3 Å². The van der Waals surface area contributed by atoms with Crippen molar-refractivity contribution in [2.45, 2.75) is 6.42 Å². The molecule has 1 aromatic heterocycles. The zero-order chi connectivity index (χ0) is 11.2. The van der Waals surface area contributed by atoms with Crippen molar-refractivity contribution in [3.63, 3.8) is 0 Å². The van der Waals surface area contributed by atoms with Crippen LogP contribution in [0, 0.1) is 5.82 Å². The molecule has 0 radical (unpaired) electrons. The summed E-state index contributed by atoms with van der Waals surface area (Å²) in [6.45, 7) is 0.817. The molecule has 0 saturated heterocycles. The lowest BCUT2D eigenvalue weighted by molar-refractivity contribution is 0.628. The Morgan fingerprint density at radius 1 is 1.12 bits per heavy atom. The summed E-state index contributed by atoms with van der Waals surface area (Å²) in [5, 5.41) is 3.23. The quantitative estimate of drug-likeness (QED) is 0.850. The molecule has 0 atom stereocenters. The lowest BCUT2D eigenvalue weighted by atomic mass is 10.2. The highest BCUT2D eigenvalue weighted by atomic mass is 19.1. The van der Waals surface area contributed by atoms with Crippen molar-refractivity contribution in [2.75, 3.05) is 11.9 Å². The van der Waals surface area contributed by atoms with Gasteiger partial charge in [0.2, 0.25) is 0 Å². The van der Waals surface area contributed by atoms with Gasteiger partial charge in [0, 0.05) is 24.6 Å². The Kier molecular flexibility index (Phi) is 3.49. The highest BCUT2D eigenvalue weighted by Gasteiger charge is 1.94. The van der Waals surface area contributed by atoms with Crippen molar-refractivity contribution >= 4 is 5.69 Å². The number of benzene rings is 1. The maximum Gasteiger partial charge on any atom is 0.123 e. The molecule has 2 nitrogen and oxygen atoms in total. The predicted molar refractivity (Wildman–Crippen MR) is 62.8 cm³/mol. The van der Waals surface area contributed by atoms with E-state index in [0.29, 0.717) is 0 Å². The summed E-state index contributed by atoms with van der Waals surface area (Å²) in [6, 6.07) is 10.3. The molecular weight excluding hydrogens is 203 g/mol. The molecule has 16 heavy (non-hydrogen) atoms. The van der Waals surface area contributed by atoms with Gasteiger partial charge < -0.3 is 5.32 Å². The third-order valence-electron chi connectivity index (χ3n) is 2.31. The SMILES string of the molecule is Fc1ccc(NCCc2cccnc2)cc1. The van der Waals surface area contributed by atoms with Gasteiger partial charge in [-0.25, -0.2) is 4.39 Å². The van der Waals surface area contributed by atoms with Crippen LogP contribution >= 0.6 is 0 Å². The van der Waals surface area contributed by atoms with Gasteiger partial charge in [-0.05, 0) is 42.3 Å². The molecule has 0 fully saturated rings. The minimum atomic E-state index is -0.210. The zero-order valence-corrected chi connectivity index (χ0v) is 8.86. The number of aromatic nitrogens is 1. The Hall–Kier alpha value is -1.90. The summed E-state index contributed by atoms with van der Waals surface area (Å²) in [7, 11) is 0. The van der Waals surface area contributed by atoms with Gasteiger partial charge in [-0.2, -0.15) is 0 Å². The predicted octanol–water partition coefficient (Wildman–Crippen LogP) is 2.88. The Balaban J connectivity index is 1.82. The van der Waals surface area contributed by atoms with Crippen LogP contribution in [0.2, 0.25) is 0 Å². The third-order valence-corrected chi connectivity index (χ3v) is 2.31. The van der Waals surface area contributed by atoms with E-state index in [2.05, 4.69) is 10.3 Å². The fourth-order valence-electron chi connectivity index (χ4n) is 1.46. The molecule has 0 amide bonds. The smallest absolute Gasteiger partial charge is 0.123 e. The van der Waals surface area contributed by atoms with Crippen molar-refractivity contribution in [3.8, 4) is 0 Å². The molecule has 1 N–H and O–H groups in total. The van der Waals surface area contributed by atoms with Crippen LogP contribution in [0.3, 0.4) is 0 Å². The lowest BCUT2D eigenvalue weighted by Crippen LogP contribution is -2.04. The van der Waals surface area contributed by atoms with Crippen LogP contribution in [0.25, 0.3) is 0 Å². The van der Waals surface area contributed by atoms with Crippen LogP contribution < -0.4 is 5.32 Å². The molecule has 0 bridgehead atoms. The molecule has 0 aliphatic rings. The number of nitrogens with one attached hydrogen (secondary N) is 1. The summed E-state index contributed by atoms with van der Waals surface area (Å²) < 4.78 is 12.6. The standard InChI is InChI=1S/C13H13FN2/c14-12-3-5-13(6-4-12)16-9-7-11-2-1-8-15-10-11/h1-6,8,10,16H,7,9H2. The van der Waals surface area contributed by atoms with Crippen molar-refractivity contribution in [2.24, 2.45) is 0 Å². The number of rotatable bonds is 4. The normalized spacial score (nSPS) is 10.1. The second-order valence-electron chi connectivity index (χ2n) is 3.54. The van der Waals surface area contributed by atoms with Crippen LogP contribution in [-0.2, 0) is 6.42 Å². The van der Waals surface area contributed by atoms with Crippen molar-refractivity contribution < 1.29 is 4.39 Å². The average molecular weight is 216 g/mol. The Labute approximate surface area is 94.2 Å². The van der Waals surface area contributed by atoms with E-state index in [-0.39, 0.29) is 5.82 Å². The van der Waals surface area contributed by atoms with Gasteiger partial charge in [-0.1, -0.05) is 6.07 Å². The van der Waals surface area contributed by atoms with E-state index in [0.717, 1.165) is 18.7 Å². The summed E-state index contributed by atoms with van der Waals surface area (Å²) in [6.07, 6.45) is 4.52. The molecule has 0 aliphatic carbocycles. The van der Waals surface area contributed by atoms with E-state index in [1.165, 1.54) is 17.7 Å². The molecule has 2 rings (SSSR count). The van der Waals surface area contributed by atoms with Crippen LogP contribution in [0.4, 0.5) is 10.1 Å². The zero-order valence-electron chi connectivity index (χ0n) is 8.86. The number of halogens is 1. The Bertz CT molecular complexity index is 425. The van der Waals surface area contributed by atoms with E-state index >= 15 is 0 Å². The number of hydrogen-bond acceptors (Lipinski definition) is 2. The average Bonchev–Trinajstić information content (AvgIpc) is 2.33.